The zero-order chi connectivity index (χ0) is 22.4. The molecule has 162 valence electrons. The molecule has 0 saturated carbocycles. The number of hydrogen-bond acceptors (Lipinski definition) is 5. The van der Waals surface area contributed by atoms with E-state index in [1.54, 1.807) is 13.2 Å². The third-order valence-corrected chi connectivity index (χ3v) is 5.58. The molecule has 0 atom stereocenters. The van der Waals surface area contributed by atoms with Gasteiger partial charge in [-0.25, -0.2) is 4.79 Å². The standard InChI is InChI=1S/C23H21BrClNO5/c1-29-20-9-5-15(23(27)28)11-19(20)26-12-17-18(24)8-10-21(30-2)22(17)31-13-14-3-6-16(25)7-4-14/h3-11,26H,12-13H2,1-2H3,(H,27,28). The van der Waals surface area contributed by atoms with Crippen LogP contribution in [0.4, 0.5) is 5.69 Å². The van der Waals surface area contributed by atoms with Crippen LogP contribution in [0.2, 0.25) is 5.02 Å². The molecular formula is C23H21BrClNO5. The van der Waals surface area contributed by atoms with Crippen molar-refractivity contribution < 1.29 is 24.1 Å². The molecule has 6 nitrogen and oxygen atoms in total. The minimum atomic E-state index is -1.01. The second-order valence-corrected chi connectivity index (χ2v) is 7.84. The number of hydrogen-bond donors (Lipinski definition) is 2. The smallest absolute Gasteiger partial charge is 0.335 e. The fraction of sp³-hybridized carbons (Fsp3) is 0.174. The van der Waals surface area contributed by atoms with Crippen LogP contribution in [0.1, 0.15) is 21.5 Å². The summed E-state index contributed by atoms with van der Waals surface area (Å²) < 4.78 is 17.8. The Balaban J connectivity index is 1.88. The number of rotatable bonds is 9. The Hall–Kier alpha value is -2.90. The topological polar surface area (TPSA) is 77.0 Å². The summed E-state index contributed by atoms with van der Waals surface area (Å²) >= 11 is 9.53. The van der Waals surface area contributed by atoms with E-state index in [1.807, 2.05) is 36.4 Å². The molecule has 0 radical (unpaired) electrons. The number of methoxy groups -OCH3 is 2. The van der Waals surface area contributed by atoms with E-state index < -0.39 is 5.97 Å². The lowest BCUT2D eigenvalue weighted by molar-refractivity contribution is 0.0697. The van der Waals surface area contributed by atoms with Crippen molar-refractivity contribution in [2.24, 2.45) is 0 Å². The molecule has 0 saturated heterocycles. The van der Waals surface area contributed by atoms with Crippen molar-refractivity contribution in [2.45, 2.75) is 13.2 Å². The number of anilines is 1. The van der Waals surface area contributed by atoms with Gasteiger partial charge in [0.1, 0.15) is 12.4 Å². The van der Waals surface area contributed by atoms with Crippen LogP contribution < -0.4 is 19.5 Å². The average Bonchev–Trinajstić information content (AvgIpc) is 2.77. The number of ether oxygens (including phenoxy) is 3. The van der Waals surface area contributed by atoms with Crippen molar-refractivity contribution >= 4 is 39.2 Å². The zero-order valence-electron chi connectivity index (χ0n) is 16.9. The molecule has 0 heterocycles. The molecule has 3 aromatic carbocycles. The van der Waals surface area contributed by atoms with Crippen LogP contribution in [0.25, 0.3) is 0 Å². The van der Waals surface area contributed by atoms with Gasteiger partial charge in [0, 0.05) is 21.6 Å². The Bertz CT molecular complexity index is 1070. The Morgan fingerprint density at radius 1 is 1.03 bits per heavy atom. The highest BCUT2D eigenvalue weighted by Gasteiger charge is 2.16. The summed E-state index contributed by atoms with van der Waals surface area (Å²) in [5, 5.41) is 13.2. The van der Waals surface area contributed by atoms with E-state index in [0.29, 0.717) is 41.1 Å². The van der Waals surface area contributed by atoms with Gasteiger partial charge in [0.05, 0.1) is 25.5 Å². The maximum atomic E-state index is 11.3. The number of halogens is 2. The van der Waals surface area contributed by atoms with Gasteiger partial charge in [-0.3, -0.25) is 0 Å². The van der Waals surface area contributed by atoms with Gasteiger partial charge in [-0.05, 0) is 48.0 Å². The lowest BCUT2D eigenvalue weighted by Crippen LogP contribution is -2.08. The lowest BCUT2D eigenvalue weighted by atomic mass is 10.1. The summed E-state index contributed by atoms with van der Waals surface area (Å²) in [5.74, 6) is 0.681. The van der Waals surface area contributed by atoms with Gasteiger partial charge in [-0.1, -0.05) is 39.7 Å². The highest BCUT2D eigenvalue weighted by Crippen LogP contribution is 2.38. The average molecular weight is 507 g/mol. The Morgan fingerprint density at radius 2 is 1.71 bits per heavy atom. The molecule has 3 rings (SSSR count). The minimum absolute atomic E-state index is 0.159. The molecule has 0 spiro atoms. The summed E-state index contributed by atoms with van der Waals surface area (Å²) in [6.07, 6.45) is 0. The summed E-state index contributed by atoms with van der Waals surface area (Å²) in [4.78, 5) is 11.3. The van der Waals surface area contributed by atoms with Crippen molar-refractivity contribution in [1.29, 1.82) is 0 Å². The van der Waals surface area contributed by atoms with Gasteiger partial charge in [0.25, 0.3) is 0 Å². The SMILES string of the molecule is COc1ccc(C(=O)O)cc1NCc1c(Br)ccc(OC)c1OCc1ccc(Cl)cc1. The maximum absolute atomic E-state index is 11.3. The summed E-state index contributed by atoms with van der Waals surface area (Å²) in [6, 6.07) is 15.7. The summed E-state index contributed by atoms with van der Waals surface area (Å²) in [6.45, 7) is 0.669. The third kappa shape index (κ3) is 5.62. The molecule has 31 heavy (non-hydrogen) atoms. The molecule has 0 aliphatic rings. The van der Waals surface area contributed by atoms with Crippen LogP contribution in [0.15, 0.2) is 59.1 Å². The highest BCUT2D eigenvalue weighted by atomic mass is 79.9. The van der Waals surface area contributed by atoms with Crippen molar-refractivity contribution in [2.75, 3.05) is 19.5 Å². The number of carboxylic acids is 1. The fourth-order valence-corrected chi connectivity index (χ4v) is 3.54. The lowest BCUT2D eigenvalue weighted by Gasteiger charge is -2.18. The van der Waals surface area contributed by atoms with Gasteiger partial charge in [-0.15, -0.1) is 0 Å². The van der Waals surface area contributed by atoms with E-state index in [4.69, 9.17) is 25.8 Å². The zero-order valence-corrected chi connectivity index (χ0v) is 19.3. The first kappa shape index (κ1) is 22.8. The molecular weight excluding hydrogens is 486 g/mol. The van der Waals surface area contributed by atoms with Crippen LogP contribution in [0, 0.1) is 0 Å². The normalized spacial score (nSPS) is 10.5. The van der Waals surface area contributed by atoms with Gasteiger partial charge >= 0.3 is 5.97 Å². The highest BCUT2D eigenvalue weighted by molar-refractivity contribution is 9.10. The molecule has 0 aromatic heterocycles. The Labute approximate surface area is 193 Å². The van der Waals surface area contributed by atoms with Crippen LogP contribution in [0.3, 0.4) is 0 Å². The molecule has 0 unspecified atom stereocenters. The fourth-order valence-electron chi connectivity index (χ4n) is 2.96. The largest absolute Gasteiger partial charge is 0.495 e. The van der Waals surface area contributed by atoms with E-state index in [0.717, 1.165) is 15.6 Å². The predicted octanol–water partition coefficient (Wildman–Crippen LogP) is 6.01. The molecule has 2 N–H and O–H groups in total. The van der Waals surface area contributed by atoms with E-state index in [2.05, 4.69) is 21.2 Å². The first-order valence-electron chi connectivity index (χ1n) is 9.30. The van der Waals surface area contributed by atoms with Crippen molar-refractivity contribution in [3.8, 4) is 17.2 Å². The molecule has 0 amide bonds. The monoisotopic (exact) mass is 505 g/mol. The second kappa shape index (κ2) is 10.4. The van der Waals surface area contributed by atoms with Gasteiger partial charge in [0.15, 0.2) is 11.5 Å². The van der Waals surface area contributed by atoms with E-state index in [-0.39, 0.29) is 5.56 Å². The minimum Gasteiger partial charge on any atom is -0.495 e. The van der Waals surface area contributed by atoms with Crippen molar-refractivity contribution in [3.63, 3.8) is 0 Å². The van der Waals surface area contributed by atoms with Crippen molar-refractivity contribution in [3.05, 3.63) is 80.8 Å². The summed E-state index contributed by atoms with van der Waals surface area (Å²) in [5.41, 5.74) is 2.49. The molecule has 0 bridgehead atoms. The molecule has 0 fully saturated rings. The molecule has 8 heteroatoms. The van der Waals surface area contributed by atoms with Crippen molar-refractivity contribution in [1.82, 2.24) is 0 Å². The predicted molar refractivity (Wildman–Crippen MR) is 124 cm³/mol. The quantitative estimate of drug-likeness (QED) is 0.370. The Morgan fingerprint density at radius 3 is 2.35 bits per heavy atom. The number of benzene rings is 3. The second-order valence-electron chi connectivity index (χ2n) is 6.55. The number of aromatic carboxylic acids is 1. The molecule has 0 aliphatic carbocycles. The van der Waals surface area contributed by atoms with Gasteiger partial charge in [0.2, 0.25) is 0 Å². The Kier molecular flexibility index (Phi) is 7.65. The third-order valence-electron chi connectivity index (χ3n) is 4.59. The van der Waals surface area contributed by atoms with E-state index in [1.165, 1.54) is 19.2 Å². The number of carbonyl (C=O) groups is 1. The first-order valence-corrected chi connectivity index (χ1v) is 10.5. The van der Waals surface area contributed by atoms with Gasteiger partial charge in [-0.2, -0.15) is 0 Å². The molecule has 0 aliphatic heterocycles. The summed E-state index contributed by atoms with van der Waals surface area (Å²) in [7, 11) is 3.11. The van der Waals surface area contributed by atoms with E-state index >= 15 is 0 Å². The van der Waals surface area contributed by atoms with Crippen LogP contribution in [-0.4, -0.2) is 25.3 Å². The maximum Gasteiger partial charge on any atom is 0.335 e. The van der Waals surface area contributed by atoms with Gasteiger partial charge < -0.3 is 24.6 Å². The van der Waals surface area contributed by atoms with Crippen LogP contribution >= 0.6 is 27.5 Å². The van der Waals surface area contributed by atoms with Crippen LogP contribution in [0.5, 0.6) is 17.2 Å². The van der Waals surface area contributed by atoms with E-state index in [9.17, 15) is 9.90 Å². The first-order chi connectivity index (χ1) is 14.9. The number of nitrogens with one attached hydrogen (secondary N) is 1. The molecule has 3 aromatic rings. The van der Waals surface area contributed by atoms with Crippen LogP contribution in [-0.2, 0) is 13.2 Å². The number of carboxylic acid groups (broad SMARTS) is 1.